The van der Waals surface area contributed by atoms with Gasteiger partial charge in [0.25, 0.3) is 0 Å². The lowest BCUT2D eigenvalue weighted by atomic mass is 10.0. The van der Waals surface area contributed by atoms with Crippen LogP contribution in [-0.4, -0.2) is 96.7 Å². The molecule has 0 bridgehead atoms. The van der Waals surface area contributed by atoms with Crippen molar-refractivity contribution in [2.45, 2.75) is 458 Å². The number of carbonyl (C=O) groups is 4. The molecule has 606 valence electrons. The summed E-state index contributed by atoms with van der Waals surface area (Å²) in [5.41, 5.74) is 0. The SMILES string of the molecule is CCCCCCCCCCCCCCCCCCCCCCC(=O)O[C@H](COC(=O)CCCCCCCCCCCCCCCCC(C)C)COP(=O)(O)OC[C@@H](O)COP(=O)(O)OC[C@@H](COC(=O)CCCCCCCCCC)OC(=O)CCCCCCCCCCCCCCCCC(C)C. The minimum Gasteiger partial charge on any atom is -0.462 e. The molecule has 3 N–H and O–H groups in total. The van der Waals surface area contributed by atoms with Gasteiger partial charge in [-0.2, -0.15) is 0 Å². The number of phosphoric acid groups is 2. The number of esters is 4. The van der Waals surface area contributed by atoms with Crippen molar-refractivity contribution in [2.75, 3.05) is 39.6 Å². The van der Waals surface area contributed by atoms with Gasteiger partial charge in [-0.25, -0.2) is 9.13 Å². The molecule has 0 aromatic rings. The molecule has 0 rings (SSSR count). The first-order valence-corrected chi connectivity index (χ1v) is 46.0. The molecular formula is C83H162O17P2. The average molecular weight is 1490 g/mol. The standard InChI is InChI=1S/C83H162O17P2/c1-7-9-11-13-15-17-18-19-20-21-22-23-24-25-33-38-43-49-55-61-67-83(88)100-79(72-94-81(86)66-60-54-48-42-37-32-28-26-30-35-40-45-51-57-63-75(3)4)74-98-102(91,92)96-70-77(84)69-95-101(89,90)97-73-78(71-93-80(85)65-59-53-47-16-14-12-10-8-2)99-82(87)68-62-56-50-44-39-34-29-27-31-36-41-46-52-58-64-76(5)6/h75-79,84H,7-74H2,1-6H3,(H,89,90)(H,91,92)/t77-,78+,79+/m0/s1. The fourth-order valence-electron chi connectivity index (χ4n) is 12.9. The molecule has 0 heterocycles. The summed E-state index contributed by atoms with van der Waals surface area (Å²) in [5, 5.41) is 10.6. The normalized spacial score (nSPS) is 13.9. The molecule has 0 fully saturated rings. The van der Waals surface area contributed by atoms with Gasteiger partial charge in [-0.1, -0.05) is 388 Å². The van der Waals surface area contributed by atoms with Gasteiger partial charge in [0.2, 0.25) is 0 Å². The van der Waals surface area contributed by atoms with E-state index in [1.54, 1.807) is 0 Å². The van der Waals surface area contributed by atoms with E-state index >= 15 is 0 Å². The summed E-state index contributed by atoms with van der Waals surface area (Å²) in [6, 6.07) is 0. The van der Waals surface area contributed by atoms with Crippen molar-refractivity contribution in [3.8, 4) is 0 Å². The van der Waals surface area contributed by atoms with Gasteiger partial charge in [-0.3, -0.25) is 37.3 Å². The first-order chi connectivity index (χ1) is 49.4. The smallest absolute Gasteiger partial charge is 0.462 e. The maximum atomic E-state index is 13.1. The number of rotatable bonds is 82. The molecule has 19 heteroatoms. The molecule has 5 atom stereocenters. The molecule has 17 nitrogen and oxygen atoms in total. The van der Waals surface area contributed by atoms with Crippen molar-refractivity contribution in [1.29, 1.82) is 0 Å². The number of aliphatic hydroxyl groups is 1. The topological polar surface area (TPSA) is 237 Å². The van der Waals surface area contributed by atoms with Crippen LogP contribution in [0.1, 0.15) is 440 Å². The second-order valence-corrected chi connectivity index (χ2v) is 33.7. The Morgan fingerprint density at radius 1 is 0.265 bits per heavy atom. The van der Waals surface area contributed by atoms with E-state index in [0.717, 1.165) is 108 Å². The number of aliphatic hydroxyl groups excluding tert-OH is 1. The monoisotopic (exact) mass is 1490 g/mol. The third kappa shape index (κ3) is 76.3. The van der Waals surface area contributed by atoms with Crippen molar-refractivity contribution < 1.29 is 80.2 Å². The van der Waals surface area contributed by atoms with Gasteiger partial charge in [0.15, 0.2) is 12.2 Å². The molecule has 0 aliphatic rings. The molecule has 0 spiro atoms. The van der Waals surface area contributed by atoms with Crippen LogP contribution in [-0.2, 0) is 65.4 Å². The van der Waals surface area contributed by atoms with Gasteiger partial charge in [-0.05, 0) is 37.5 Å². The Labute approximate surface area is 626 Å². The Bertz CT molecular complexity index is 1960. The molecule has 0 aliphatic heterocycles. The molecular weight excluding hydrogens is 1330 g/mol. The van der Waals surface area contributed by atoms with Gasteiger partial charge in [0.1, 0.15) is 19.3 Å². The van der Waals surface area contributed by atoms with Crippen LogP contribution < -0.4 is 0 Å². The Morgan fingerprint density at radius 2 is 0.451 bits per heavy atom. The minimum atomic E-state index is -4.96. The molecule has 0 saturated carbocycles. The van der Waals surface area contributed by atoms with E-state index in [2.05, 4.69) is 41.5 Å². The molecule has 0 radical (unpaired) electrons. The third-order valence-corrected chi connectivity index (χ3v) is 21.4. The zero-order valence-electron chi connectivity index (χ0n) is 66.9. The summed E-state index contributed by atoms with van der Waals surface area (Å²) in [7, 11) is -9.92. The van der Waals surface area contributed by atoms with E-state index < -0.39 is 97.5 Å². The van der Waals surface area contributed by atoms with E-state index in [9.17, 15) is 43.2 Å². The van der Waals surface area contributed by atoms with Crippen LogP contribution in [0.25, 0.3) is 0 Å². The number of unbranched alkanes of at least 4 members (excludes halogenated alkanes) is 52. The summed E-state index contributed by atoms with van der Waals surface area (Å²) < 4.78 is 68.7. The van der Waals surface area contributed by atoms with E-state index in [1.807, 2.05) is 0 Å². The van der Waals surface area contributed by atoms with E-state index in [0.29, 0.717) is 25.7 Å². The molecule has 0 amide bonds. The Morgan fingerprint density at radius 3 is 0.667 bits per heavy atom. The highest BCUT2D eigenvalue weighted by Gasteiger charge is 2.30. The number of ether oxygens (including phenoxy) is 4. The van der Waals surface area contributed by atoms with E-state index in [4.69, 9.17) is 37.0 Å². The van der Waals surface area contributed by atoms with Gasteiger partial charge in [-0.15, -0.1) is 0 Å². The molecule has 0 aliphatic carbocycles. The second kappa shape index (κ2) is 74.5. The van der Waals surface area contributed by atoms with Crippen molar-refractivity contribution in [1.82, 2.24) is 0 Å². The number of hydrogen-bond donors (Lipinski definition) is 3. The van der Waals surface area contributed by atoms with Crippen molar-refractivity contribution in [2.24, 2.45) is 11.8 Å². The summed E-state index contributed by atoms with van der Waals surface area (Å²) in [6.07, 6.45) is 65.3. The Kier molecular flexibility index (Phi) is 73.1. The Balaban J connectivity index is 5.19. The first-order valence-electron chi connectivity index (χ1n) is 43.0. The van der Waals surface area contributed by atoms with Crippen molar-refractivity contribution in [3.63, 3.8) is 0 Å². The van der Waals surface area contributed by atoms with Crippen LogP contribution in [0, 0.1) is 11.8 Å². The highest BCUT2D eigenvalue weighted by molar-refractivity contribution is 7.47. The van der Waals surface area contributed by atoms with Crippen molar-refractivity contribution in [3.05, 3.63) is 0 Å². The van der Waals surface area contributed by atoms with Gasteiger partial charge < -0.3 is 33.8 Å². The Hall–Kier alpha value is -1.94. The highest BCUT2D eigenvalue weighted by Crippen LogP contribution is 2.45. The highest BCUT2D eigenvalue weighted by atomic mass is 31.2. The maximum Gasteiger partial charge on any atom is 0.472 e. The number of hydrogen-bond acceptors (Lipinski definition) is 15. The van der Waals surface area contributed by atoms with E-state index in [-0.39, 0.29) is 25.7 Å². The van der Waals surface area contributed by atoms with Crippen LogP contribution in [0.4, 0.5) is 0 Å². The second-order valence-electron chi connectivity index (χ2n) is 30.8. The first kappa shape index (κ1) is 100. The molecule has 0 aromatic heterocycles. The summed E-state index contributed by atoms with van der Waals surface area (Å²) >= 11 is 0. The molecule has 0 aromatic carbocycles. The molecule has 102 heavy (non-hydrogen) atoms. The van der Waals surface area contributed by atoms with Crippen molar-refractivity contribution >= 4 is 39.5 Å². The van der Waals surface area contributed by atoms with Crippen LogP contribution in [0.15, 0.2) is 0 Å². The average Bonchev–Trinajstić information content (AvgIpc) is 1.02. The van der Waals surface area contributed by atoms with Crippen LogP contribution in [0.3, 0.4) is 0 Å². The lowest BCUT2D eigenvalue weighted by Crippen LogP contribution is -2.30. The summed E-state index contributed by atoms with van der Waals surface area (Å²) in [5.74, 6) is -0.514. The zero-order valence-corrected chi connectivity index (χ0v) is 68.7. The molecule has 2 unspecified atom stereocenters. The fourth-order valence-corrected chi connectivity index (χ4v) is 14.5. The predicted molar refractivity (Wildman–Crippen MR) is 418 cm³/mol. The van der Waals surface area contributed by atoms with Crippen LogP contribution in [0.2, 0.25) is 0 Å². The zero-order chi connectivity index (χ0) is 74.9. The maximum absolute atomic E-state index is 13.1. The summed E-state index contributed by atoms with van der Waals surface area (Å²) in [6.45, 7) is 9.67. The van der Waals surface area contributed by atoms with Gasteiger partial charge >= 0.3 is 39.5 Å². The number of phosphoric ester groups is 2. The van der Waals surface area contributed by atoms with Crippen LogP contribution in [0.5, 0.6) is 0 Å². The third-order valence-electron chi connectivity index (χ3n) is 19.5. The minimum absolute atomic E-state index is 0.108. The lowest BCUT2D eigenvalue weighted by Gasteiger charge is -2.21. The molecule has 0 saturated heterocycles. The predicted octanol–water partition coefficient (Wildman–Crippen LogP) is 25.1. The number of carbonyl (C=O) groups excluding carboxylic acids is 4. The quantitative estimate of drug-likeness (QED) is 0.0222. The fraction of sp³-hybridized carbons (Fsp3) is 0.952. The van der Waals surface area contributed by atoms with E-state index in [1.165, 1.54) is 250 Å². The summed E-state index contributed by atoms with van der Waals surface area (Å²) in [4.78, 5) is 73.0. The van der Waals surface area contributed by atoms with Gasteiger partial charge in [0.05, 0.1) is 26.4 Å². The largest absolute Gasteiger partial charge is 0.472 e. The van der Waals surface area contributed by atoms with Crippen LogP contribution >= 0.6 is 15.6 Å². The lowest BCUT2D eigenvalue weighted by molar-refractivity contribution is -0.161. The van der Waals surface area contributed by atoms with Gasteiger partial charge in [0, 0.05) is 25.7 Å².